The molecule has 5 nitrogen and oxygen atoms in total. The van der Waals surface area contributed by atoms with Gasteiger partial charge in [-0.2, -0.15) is 0 Å². The normalized spacial score (nSPS) is 27.2. The van der Waals surface area contributed by atoms with Crippen molar-refractivity contribution in [3.05, 3.63) is 39.0 Å². The minimum atomic E-state index is -0.0806. The van der Waals surface area contributed by atoms with Crippen LogP contribution >= 0.6 is 22.7 Å². The molecular weight excluding hydrogens is 330 g/mol. The van der Waals surface area contributed by atoms with Gasteiger partial charge in [0.25, 0.3) is 5.91 Å². The van der Waals surface area contributed by atoms with Crippen LogP contribution in [0.3, 0.4) is 0 Å². The molecule has 0 bridgehead atoms. The quantitative estimate of drug-likeness (QED) is 0.898. The maximum Gasteiger partial charge on any atom is 0.270 e. The van der Waals surface area contributed by atoms with E-state index in [-0.39, 0.29) is 11.3 Å². The fourth-order valence-corrected chi connectivity index (χ4v) is 4.89. The van der Waals surface area contributed by atoms with Gasteiger partial charge in [-0.05, 0) is 11.4 Å². The summed E-state index contributed by atoms with van der Waals surface area (Å²) in [7, 11) is 0. The molecule has 23 heavy (non-hydrogen) atoms. The Morgan fingerprint density at radius 1 is 1.57 bits per heavy atom. The van der Waals surface area contributed by atoms with Crippen molar-refractivity contribution < 1.29 is 9.53 Å². The van der Waals surface area contributed by atoms with E-state index in [1.54, 1.807) is 22.2 Å². The lowest BCUT2D eigenvalue weighted by molar-refractivity contribution is 0.0900. The summed E-state index contributed by atoms with van der Waals surface area (Å²) in [6, 6.07) is 4.29. The van der Waals surface area contributed by atoms with E-state index in [1.807, 2.05) is 0 Å². The largest absolute Gasteiger partial charge is 0.380 e. The molecule has 2 saturated heterocycles. The summed E-state index contributed by atoms with van der Waals surface area (Å²) in [6.45, 7) is 5.21. The van der Waals surface area contributed by atoms with Crippen LogP contribution in [0.4, 0.5) is 0 Å². The Labute approximate surface area is 143 Å². The molecule has 1 amide bonds. The molecule has 2 aliphatic rings. The van der Waals surface area contributed by atoms with Crippen molar-refractivity contribution >= 4 is 28.6 Å². The van der Waals surface area contributed by atoms with Crippen molar-refractivity contribution in [1.29, 1.82) is 0 Å². The van der Waals surface area contributed by atoms with Crippen molar-refractivity contribution in [3.63, 3.8) is 0 Å². The van der Waals surface area contributed by atoms with Crippen LogP contribution < -0.4 is 5.32 Å². The molecule has 0 aromatic carbocycles. The van der Waals surface area contributed by atoms with Crippen LogP contribution in [-0.4, -0.2) is 48.6 Å². The number of nitrogens with one attached hydrogen (secondary N) is 1. The summed E-state index contributed by atoms with van der Waals surface area (Å²) in [5.41, 5.74) is 2.24. The molecule has 2 aliphatic heterocycles. The highest BCUT2D eigenvalue weighted by Crippen LogP contribution is 2.41. The number of ether oxygens (including phenoxy) is 1. The second-order valence-corrected chi connectivity index (χ2v) is 8.13. The first kappa shape index (κ1) is 15.3. The lowest BCUT2D eigenvalue weighted by Crippen LogP contribution is -2.43. The summed E-state index contributed by atoms with van der Waals surface area (Å²) in [4.78, 5) is 20.1. The molecule has 122 valence electrons. The monoisotopic (exact) mass is 349 g/mol. The Hall–Kier alpha value is -1.28. The molecule has 0 radical (unpaired) electrons. The Balaban J connectivity index is 1.40. The van der Waals surface area contributed by atoms with Crippen LogP contribution in [0.2, 0.25) is 0 Å². The molecule has 2 fully saturated rings. The number of likely N-dealkylation sites (tertiary alicyclic amines) is 1. The summed E-state index contributed by atoms with van der Waals surface area (Å²) in [5, 5.41) is 6.98. The lowest BCUT2D eigenvalue weighted by Gasteiger charge is -2.27. The van der Waals surface area contributed by atoms with E-state index < -0.39 is 0 Å². The van der Waals surface area contributed by atoms with Crippen molar-refractivity contribution in [2.75, 3.05) is 32.8 Å². The zero-order valence-corrected chi connectivity index (χ0v) is 14.4. The van der Waals surface area contributed by atoms with Crippen LogP contribution in [0.15, 0.2) is 28.4 Å². The van der Waals surface area contributed by atoms with E-state index in [4.69, 9.17) is 4.74 Å². The predicted octanol–water partition coefficient (Wildman–Crippen LogP) is 2.08. The number of carbonyl (C=O) groups is 1. The third kappa shape index (κ3) is 3.06. The van der Waals surface area contributed by atoms with Gasteiger partial charge >= 0.3 is 0 Å². The molecule has 2 aromatic rings. The third-order valence-electron chi connectivity index (χ3n) is 4.82. The van der Waals surface area contributed by atoms with Gasteiger partial charge in [-0.15, -0.1) is 22.7 Å². The number of thiazole rings is 1. The average Bonchev–Trinajstić information content (AvgIpc) is 3.29. The number of fused-ring (bicyclic) bond motifs is 1. The maximum absolute atomic E-state index is 12.2. The minimum absolute atomic E-state index is 0.0446. The molecule has 0 unspecified atom stereocenters. The van der Waals surface area contributed by atoms with E-state index in [1.165, 1.54) is 16.2 Å². The van der Waals surface area contributed by atoms with Crippen LogP contribution in [0.1, 0.15) is 15.4 Å². The first-order valence-corrected chi connectivity index (χ1v) is 9.56. The predicted molar refractivity (Wildman–Crippen MR) is 90.8 cm³/mol. The van der Waals surface area contributed by atoms with Gasteiger partial charge in [0.05, 0.1) is 18.7 Å². The second-order valence-electron chi connectivity index (χ2n) is 6.38. The van der Waals surface area contributed by atoms with Crippen molar-refractivity contribution in [3.8, 4) is 0 Å². The number of aromatic nitrogens is 1. The highest BCUT2D eigenvalue weighted by molar-refractivity contribution is 7.09. The highest BCUT2D eigenvalue weighted by Gasteiger charge is 2.50. The number of thiophene rings is 1. The summed E-state index contributed by atoms with van der Waals surface area (Å²) < 4.78 is 5.73. The molecule has 7 heteroatoms. The van der Waals surface area contributed by atoms with Gasteiger partial charge < -0.3 is 10.1 Å². The molecule has 4 rings (SSSR count). The van der Waals surface area contributed by atoms with Gasteiger partial charge in [0.1, 0.15) is 5.69 Å². The topological polar surface area (TPSA) is 54.5 Å². The number of carbonyl (C=O) groups excluding carboxylic acids is 1. The van der Waals surface area contributed by atoms with Crippen LogP contribution in [0.5, 0.6) is 0 Å². The van der Waals surface area contributed by atoms with Gasteiger partial charge in [-0.1, -0.05) is 6.07 Å². The van der Waals surface area contributed by atoms with Crippen molar-refractivity contribution in [2.24, 2.45) is 11.3 Å². The van der Waals surface area contributed by atoms with E-state index in [2.05, 4.69) is 32.7 Å². The van der Waals surface area contributed by atoms with Crippen LogP contribution in [0, 0.1) is 11.3 Å². The van der Waals surface area contributed by atoms with Gasteiger partial charge in [0, 0.05) is 47.8 Å². The van der Waals surface area contributed by atoms with Gasteiger partial charge in [-0.3, -0.25) is 9.69 Å². The van der Waals surface area contributed by atoms with E-state index >= 15 is 0 Å². The SMILES string of the molecule is O=C(NC[C@@]12COC[C@@H]1CN(Cc1cccs1)C2)c1cscn1. The molecule has 1 N–H and O–H groups in total. The first-order valence-electron chi connectivity index (χ1n) is 7.74. The smallest absolute Gasteiger partial charge is 0.270 e. The molecule has 0 spiro atoms. The van der Waals surface area contributed by atoms with E-state index in [0.717, 1.165) is 32.8 Å². The fourth-order valence-electron chi connectivity index (χ4n) is 3.61. The Morgan fingerprint density at radius 2 is 2.52 bits per heavy atom. The number of hydrogen-bond acceptors (Lipinski definition) is 6. The zero-order chi connectivity index (χ0) is 15.7. The van der Waals surface area contributed by atoms with E-state index in [0.29, 0.717) is 18.2 Å². The lowest BCUT2D eigenvalue weighted by atomic mass is 9.81. The summed E-state index contributed by atoms with van der Waals surface area (Å²) in [6.07, 6.45) is 0. The molecular formula is C16H19N3O2S2. The summed E-state index contributed by atoms with van der Waals surface area (Å²) in [5.74, 6) is 0.418. The van der Waals surface area contributed by atoms with Crippen LogP contribution in [0.25, 0.3) is 0 Å². The Kier molecular flexibility index (Phi) is 4.19. The van der Waals surface area contributed by atoms with Crippen LogP contribution in [-0.2, 0) is 11.3 Å². The second kappa shape index (κ2) is 6.32. The van der Waals surface area contributed by atoms with Gasteiger partial charge in [0.2, 0.25) is 0 Å². The number of rotatable bonds is 5. The third-order valence-corrected chi connectivity index (χ3v) is 6.26. The average molecular weight is 349 g/mol. The number of nitrogens with zero attached hydrogens (tertiary/aromatic N) is 2. The van der Waals surface area contributed by atoms with Gasteiger partial charge in [-0.25, -0.2) is 4.98 Å². The highest BCUT2D eigenvalue weighted by atomic mass is 32.1. The fraction of sp³-hybridized carbons (Fsp3) is 0.500. The molecule has 0 saturated carbocycles. The van der Waals surface area contributed by atoms with Gasteiger partial charge in [0.15, 0.2) is 0 Å². The number of hydrogen-bond donors (Lipinski definition) is 1. The molecule has 4 heterocycles. The Morgan fingerprint density at radius 3 is 3.30 bits per heavy atom. The minimum Gasteiger partial charge on any atom is -0.380 e. The maximum atomic E-state index is 12.2. The molecule has 0 aliphatic carbocycles. The van der Waals surface area contributed by atoms with Crippen molar-refractivity contribution in [2.45, 2.75) is 6.54 Å². The number of amides is 1. The van der Waals surface area contributed by atoms with Crippen molar-refractivity contribution in [1.82, 2.24) is 15.2 Å². The molecule has 2 atom stereocenters. The summed E-state index contributed by atoms with van der Waals surface area (Å²) >= 11 is 3.25. The first-order chi connectivity index (χ1) is 11.3. The molecule has 2 aromatic heterocycles. The zero-order valence-electron chi connectivity index (χ0n) is 12.7. The Bertz CT molecular complexity index is 659. The van der Waals surface area contributed by atoms with E-state index in [9.17, 15) is 4.79 Å². The standard InChI is InChI=1S/C16H19N3O2S2/c20-15(14-7-22-11-18-14)17-8-16-9-19(4-12(16)6-21-10-16)5-13-2-1-3-23-13/h1-3,7,11-12H,4-6,8-10H2,(H,17,20)/t12-,16+/m0/s1.